The van der Waals surface area contributed by atoms with Gasteiger partial charge in [-0.05, 0) is 0 Å². The highest BCUT2D eigenvalue weighted by Crippen LogP contribution is 1.65. The van der Waals surface area contributed by atoms with Crippen LogP contribution in [0.1, 0.15) is 0 Å². The van der Waals surface area contributed by atoms with E-state index in [2.05, 4.69) is 10.6 Å². The van der Waals surface area contributed by atoms with Crippen molar-refractivity contribution in [3.63, 3.8) is 0 Å². The zero-order valence-corrected chi connectivity index (χ0v) is 5.33. The number of rotatable bonds is 0. The summed E-state index contributed by atoms with van der Waals surface area (Å²) in [5, 5.41) is 6.44. The summed E-state index contributed by atoms with van der Waals surface area (Å²) in [6.07, 6.45) is 0. The van der Waals surface area contributed by atoms with Crippen molar-refractivity contribution < 1.29 is 0 Å². The first-order valence-electron chi connectivity index (χ1n) is 2.41. The predicted octanol–water partition coefficient (Wildman–Crippen LogP) is -1.20. The maximum Gasteiger partial charge on any atom is 0.00772 e. The summed E-state index contributed by atoms with van der Waals surface area (Å²) in [5.74, 6) is 0. The van der Waals surface area contributed by atoms with E-state index >= 15 is 0 Å². The topological polar surface area (TPSA) is 24.1 Å². The molecule has 2 nitrogen and oxygen atoms in total. The van der Waals surface area contributed by atoms with E-state index in [1.807, 2.05) is 0 Å². The van der Waals surface area contributed by atoms with E-state index in [1.165, 1.54) is 0 Å². The van der Waals surface area contributed by atoms with E-state index in [4.69, 9.17) is 0 Å². The molecule has 0 atom stereocenters. The highest BCUT2D eigenvalue weighted by atomic mass is 28.1. The average Bonchev–Trinajstić information content (AvgIpc) is 1.72. The third kappa shape index (κ3) is 2.79. The van der Waals surface area contributed by atoms with Gasteiger partial charge in [0.05, 0.1) is 0 Å². The molecule has 1 aliphatic rings. The third-order valence-electron chi connectivity index (χ3n) is 0.957. The second-order valence-corrected chi connectivity index (χ2v) is 1.50. The largest absolute Gasteiger partial charge is 0.314 e. The first kappa shape index (κ1) is 7.14. The average molecular weight is 114 g/mol. The highest BCUT2D eigenvalue weighted by Gasteiger charge is 1.91. The lowest BCUT2D eigenvalue weighted by Gasteiger charge is -2.11. The number of hydrogen-bond donors (Lipinski definition) is 2. The van der Waals surface area contributed by atoms with Crippen LogP contribution in [0.3, 0.4) is 0 Å². The Kier molecular flexibility index (Phi) is 4.38. The summed E-state index contributed by atoms with van der Waals surface area (Å²) in [6.45, 7) is 4.56. The quantitative estimate of drug-likeness (QED) is 0.386. The number of nitrogens with one attached hydrogen (secondary N) is 2. The molecule has 0 amide bonds. The van der Waals surface area contributed by atoms with Crippen molar-refractivity contribution in [3.05, 3.63) is 0 Å². The van der Waals surface area contributed by atoms with Gasteiger partial charge in [0.25, 0.3) is 0 Å². The van der Waals surface area contributed by atoms with Crippen LogP contribution in [0.15, 0.2) is 0 Å². The molecular formula is C4H10N2Si. The lowest BCUT2D eigenvalue weighted by atomic mass is 10.4. The second-order valence-electron chi connectivity index (χ2n) is 1.50. The minimum atomic E-state index is 0. The van der Waals surface area contributed by atoms with Crippen LogP contribution in [0, 0.1) is 0 Å². The van der Waals surface area contributed by atoms with Crippen LogP contribution < -0.4 is 10.6 Å². The molecule has 0 aromatic rings. The number of piperazine rings is 1. The summed E-state index contributed by atoms with van der Waals surface area (Å²) in [5.41, 5.74) is 0. The first-order chi connectivity index (χ1) is 3.00. The van der Waals surface area contributed by atoms with Crippen LogP contribution in [0.5, 0.6) is 0 Å². The molecule has 1 heterocycles. The molecule has 0 unspecified atom stereocenters. The van der Waals surface area contributed by atoms with E-state index in [-0.39, 0.29) is 11.0 Å². The molecule has 0 aromatic carbocycles. The molecule has 0 bridgehead atoms. The Morgan fingerprint density at radius 1 is 0.714 bits per heavy atom. The van der Waals surface area contributed by atoms with Crippen molar-refractivity contribution in [2.45, 2.75) is 0 Å². The summed E-state index contributed by atoms with van der Waals surface area (Å²) in [6, 6.07) is 0. The van der Waals surface area contributed by atoms with Crippen molar-refractivity contribution in [1.29, 1.82) is 0 Å². The molecule has 2 N–H and O–H groups in total. The van der Waals surface area contributed by atoms with Gasteiger partial charge in [-0.1, -0.05) is 0 Å². The van der Waals surface area contributed by atoms with Crippen LogP contribution in [-0.4, -0.2) is 37.1 Å². The SMILES string of the molecule is C1CNCCN1.[Si]. The molecule has 1 saturated heterocycles. The molecule has 3 heteroatoms. The molecule has 7 heavy (non-hydrogen) atoms. The Hall–Kier alpha value is 0.137. The zero-order valence-electron chi connectivity index (χ0n) is 4.33. The monoisotopic (exact) mass is 114 g/mol. The lowest BCUT2D eigenvalue weighted by Crippen LogP contribution is -2.39. The molecule has 0 aromatic heterocycles. The van der Waals surface area contributed by atoms with E-state index in [1.54, 1.807) is 0 Å². The van der Waals surface area contributed by atoms with Crippen molar-refractivity contribution in [3.8, 4) is 0 Å². The molecular weight excluding hydrogens is 104 g/mol. The van der Waals surface area contributed by atoms with Gasteiger partial charge in [-0.3, -0.25) is 0 Å². The minimum Gasteiger partial charge on any atom is -0.314 e. The summed E-state index contributed by atoms with van der Waals surface area (Å²) in [7, 11) is 0. The highest BCUT2D eigenvalue weighted by molar-refractivity contribution is 5.75. The molecule has 0 spiro atoms. The van der Waals surface area contributed by atoms with Gasteiger partial charge < -0.3 is 10.6 Å². The Balaban J connectivity index is 0.000000360. The smallest absolute Gasteiger partial charge is 0.00772 e. The summed E-state index contributed by atoms with van der Waals surface area (Å²) in [4.78, 5) is 0. The second kappa shape index (κ2) is 4.30. The van der Waals surface area contributed by atoms with Gasteiger partial charge in [0.15, 0.2) is 0 Å². The van der Waals surface area contributed by atoms with Crippen molar-refractivity contribution in [2.75, 3.05) is 26.2 Å². The Morgan fingerprint density at radius 3 is 1.14 bits per heavy atom. The van der Waals surface area contributed by atoms with Crippen molar-refractivity contribution >= 4 is 11.0 Å². The van der Waals surface area contributed by atoms with Crippen LogP contribution in [0.4, 0.5) is 0 Å². The van der Waals surface area contributed by atoms with Crippen LogP contribution in [0.2, 0.25) is 0 Å². The fourth-order valence-corrected chi connectivity index (χ4v) is 0.604. The van der Waals surface area contributed by atoms with Crippen molar-refractivity contribution in [1.82, 2.24) is 10.6 Å². The maximum absolute atomic E-state index is 3.22. The molecule has 40 valence electrons. The molecule has 0 aliphatic carbocycles. The minimum absolute atomic E-state index is 0. The van der Waals surface area contributed by atoms with E-state index in [0.29, 0.717) is 0 Å². The first-order valence-corrected chi connectivity index (χ1v) is 2.41. The zero-order chi connectivity index (χ0) is 4.24. The molecule has 1 aliphatic heterocycles. The normalized spacial score (nSPS) is 20.6. The van der Waals surface area contributed by atoms with Crippen molar-refractivity contribution in [2.24, 2.45) is 0 Å². The fourth-order valence-electron chi connectivity index (χ4n) is 0.604. The Labute approximate surface area is 48.7 Å². The Bertz CT molecular complexity index is 25.2. The Morgan fingerprint density at radius 2 is 1.00 bits per heavy atom. The van der Waals surface area contributed by atoms with Gasteiger partial charge in [-0.15, -0.1) is 0 Å². The third-order valence-corrected chi connectivity index (χ3v) is 0.957. The number of hydrogen-bond acceptors (Lipinski definition) is 2. The molecule has 0 saturated carbocycles. The van der Waals surface area contributed by atoms with Gasteiger partial charge in [0, 0.05) is 37.1 Å². The van der Waals surface area contributed by atoms with Gasteiger partial charge >= 0.3 is 0 Å². The standard InChI is InChI=1S/C4H10N2.Si/c1-2-6-4-3-5-1;/h5-6H,1-4H2;. The summed E-state index contributed by atoms with van der Waals surface area (Å²) < 4.78 is 0. The van der Waals surface area contributed by atoms with Crippen LogP contribution >= 0.6 is 0 Å². The van der Waals surface area contributed by atoms with Crippen LogP contribution in [0.25, 0.3) is 0 Å². The van der Waals surface area contributed by atoms with Gasteiger partial charge in [0.2, 0.25) is 0 Å². The summed E-state index contributed by atoms with van der Waals surface area (Å²) >= 11 is 0. The van der Waals surface area contributed by atoms with E-state index in [0.717, 1.165) is 26.2 Å². The maximum atomic E-state index is 3.22. The fraction of sp³-hybridized carbons (Fsp3) is 1.00. The van der Waals surface area contributed by atoms with Crippen LogP contribution in [-0.2, 0) is 0 Å². The van der Waals surface area contributed by atoms with E-state index < -0.39 is 0 Å². The lowest BCUT2D eigenvalue weighted by molar-refractivity contribution is 0.534. The van der Waals surface area contributed by atoms with Gasteiger partial charge in [0.1, 0.15) is 0 Å². The molecule has 4 radical (unpaired) electrons. The van der Waals surface area contributed by atoms with E-state index in [9.17, 15) is 0 Å². The molecule has 1 rings (SSSR count). The van der Waals surface area contributed by atoms with Gasteiger partial charge in [-0.25, -0.2) is 0 Å². The van der Waals surface area contributed by atoms with Gasteiger partial charge in [-0.2, -0.15) is 0 Å². The predicted molar refractivity (Wildman–Crippen MR) is 31.5 cm³/mol. The molecule has 1 fully saturated rings.